The third-order valence-electron chi connectivity index (χ3n) is 5.55. The lowest BCUT2D eigenvalue weighted by atomic mass is 9.99. The van der Waals surface area contributed by atoms with Gasteiger partial charge in [0.2, 0.25) is 0 Å². The van der Waals surface area contributed by atoms with Gasteiger partial charge in [-0.05, 0) is 81.2 Å². The number of aryl methyl sites for hydroxylation is 1. The van der Waals surface area contributed by atoms with Crippen LogP contribution in [0.5, 0.6) is 0 Å². The van der Waals surface area contributed by atoms with Crippen LogP contribution in [0.4, 0.5) is 0 Å². The second-order valence-corrected chi connectivity index (χ2v) is 7.62. The number of fused-ring (bicyclic) bond motifs is 1. The van der Waals surface area contributed by atoms with Crippen molar-refractivity contribution in [2.75, 3.05) is 20.1 Å². The summed E-state index contributed by atoms with van der Waals surface area (Å²) in [6.07, 6.45) is 13.3. The minimum absolute atomic E-state index is 1.05. The van der Waals surface area contributed by atoms with Gasteiger partial charge >= 0.3 is 0 Å². The molecule has 0 heterocycles. The number of hydrogen-bond acceptors (Lipinski definition) is 1. The molecule has 0 radical (unpaired) electrons. The third-order valence-corrected chi connectivity index (χ3v) is 5.55. The van der Waals surface area contributed by atoms with Gasteiger partial charge in [0.25, 0.3) is 0 Å². The Morgan fingerprint density at radius 3 is 1.91 bits per heavy atom. The average molecular weight is 464 g/mol. The largest absolute Gasteiger partial charge is 0.307 e. The molecule has 34 heavy (non-hydrogen) atoms. The Balaban J connectivity index is 0. The molecule has 0 atom stereocenters. The molecule has 0 saturated heterocycles. The van der Waals surface area contributed by atoms with E-state index in [0.717, 1.165) is 25.9 Å². The van der Waals surface area contributed by atoms with Gasteiger partial charge < -0.3 is 4.90 Å². The van der Waals surface area contributed by atoms with Crippen molar-refractivity contribution >= 4 is 10.8 Å². The molecule has 0 aliphatic heterocycles. The first-order valence-corrected chi connectivity index (χ1v) is 13.3. The summed E-state index contributed by atoms with van der Waals surface area (Å²) >= 11 is 0. The fourth-order valence-electron chi connectivity index (χ4n) is 3.09. The Morgan fingerprint density at radius 2 is 1.41 bits per heavy atom. The summed E-state index contributed by atoms with van der Waals surface area (Å²) in [7, 11) is 2.11. The van der Waals surface area contributed by atoms with Gasteiger partial charge in [0, 0.05) is 0 Å². The van der Waals surface area contributed by atoms with Gasteiger partial charge in [-0.1, -0.05) is 127 Å². The van der Waals surface area contributed by atoms with Gasteiger partial charge in [0.1, 0.15) is 0 Å². The minimum atomic E-state index is 1.05. The van der Waals surface area contributed by atoms with Crippen molar-refractivity contribution in [3.05, 3.63) is 95.1 Å². The zero-order valence-electron chi connectivity index (χ0n) is 24.2. The van der Waals surface area contributed by atoms with Crippen LogP contribution >= 0.6 is 0 Å². The molecule has 1 aliphatic rings. The molecule has 0 saturated carbocycles. The van der Waals surface area contributed by atoms with Crippen molar-refractivity contribution in [3.8, 4) is 0 Å². The van der Waals surface area contributed by atoms with E-state index in [0.29, 0.717) is 0 Å². The van der Waals surface area contributed by atoms with E-state index in [1.165, 1.54) is 33.1 Å². The summed E-state index contributed by atoms with van der Waals surface area (Å²) < 4.78 is 0. The summed E-state index contributed by atoms with van der Waals surface area (Å²) in [5.41, 5.74) is 5.57. The average Bonchev–Trinajstić information content (AvgIpc) is 3.17. The lowest BCUT2D eigenvalue weighted by Crippen LogP contribution is -2.15. The highest BCUT2D eigenvalue weighted by Crippen LogP contribution is 2.22. The molecule has 0 bridgehead atoms. The van der Waals surface area contributed by atoms with E-state index in [1.54, 1.807) is 0 Å². The fraction of sp³-hybridized carbons (Fsp3) is 0.455. The Morgan fingerprint density at radius 1 is 0.853 bits per heavy atom. The zero-order chi connectivity index (χ0) is 26.4. The van der Waals surface area contributed by atoms with Crippen LogP contribution in [0.2, 0.25) is 0 Å². The zero-order valence-corrected chi connectivity index (χ0v) is 24.2. The van der Waals surface area contributed by atoms with Crippen molar-refractivity contribution in [3.63, 3.8) is 0 Å². The van der Waals surface area contributed by atoms with Crippen LogP contribution in [0.25, 0.3) is 10.8 Å². The first kappa shape index (κ1) is 33.8. The van der Waals surface area contributed by atoms with Crippen molar-refractivity contribution in [1.82, 2.24) is 4.90 Å². The molecule has 0 aromatic heterocycles. The van der Waals surface area contributed by atoms with Crippen LogP contribution < -0.4 is 0 Å². The standard InChI is InChI=1S/C13H18.C11H10.C5H13N.2C2H6/c1-4-11(3)13-10-8-6-7-9-12(13)5-2;1-9-5-4-7-10-6-2-3-8-11(9)10;1-4-6(3)5-2;2*1-2/h5,7-10H,4,6H2,1-3H3;2-8H,1H3;4-5H2,1-3H3;2*1-2H3/b12-5-,13-11-;;;;. The molecule has 0 N–H and O–H groups in total. The number of rotatable bonds is 3. The molecule has 1 aliphatic carbocycles. The van der Waals surface area contributed by atoms with E-state index in [-0.39, 0.29) is 0 Å². The van der Waals surface area contributed by atoms with Crippen LogP contribution in [-0.4, -0.2) is 25.0 Å². The van der Waals surface area contributed by atoms with Crippen molar-refractivity contribution in [1.29, 1.82) is 0 Å². The first-order chi connectivity index (χ1) is 16.5. The van der Waals surface area contributed by atoms with Crippen LogP contribution in [0.15, 0.2) is 89.6 Å². The molecule has 3 rings (SSSR count). The normalized spacial score (nSPS) is 14.4. The number of nitrogens with zero attached hydrogens (tertiary/aromatic N) is 1. The molecule has 2 aromatic rings. The number of hydrogen-bond donors (Lipinski definition) is 0. The van der Waals surface area contributed by atoms with E-state index < -0.39 is 0 Å². The van der Waals surface area contributed by atoms with Gasteiger partial charge in [-0.2, -0.15) is 0 Å². The third kappa shape index (κ3) is 13.4. The van der Waals surface area contributed by atoms with Gasteiger partial charge in [-0.25, -0.2) is 0 Å². The molecular formula is C33H53N. The topological polar surface area (TPSA) is 3.24 Å². The Labute approximate surface area is 213 Å². The van der Waals surface area contributed by atoms with Crippen LogP contribution in [0, 0.1) is 6.92 Å². The lowest BCUT2D eigenvalue weighted by Gasteiger charge is -2.07. The van der Waals surface area contributed by atoms with E-state index in [9.17, 15) is 0 Å². The molecule has 190 valence electrons. The van der Waals surface area contributed by atoms with E-state index in [2.05, 4.69) is 126 Å². The summed E-state index contributed by atoms with van der Waals surface area (Å²) in [5.74, 6) is 0. The lowest BCUT2D eigenvalue weighted by molar-refractivity contribution is 0.373. The summed E-state index contributed by atoms with van der Waals surface area (Å²) in [6.45, 7) is 23.3. The molecule has 1 nitrogen and oxygen atoms in total. The van der Waals surface area contributed by atoms with Crippen LogP contribution in [0.3, 0.4) is 0 Å². The van der Waals surface area contributed by atoms with E-state index >= 15 is 0 Å². The number of benzene rings is 2. The van der Waals surface area contributed by atoms with E-state index in [1.807, 2.05) is 27.7 Å². The molecular weight excluding hydrogens is 410 g/mol. The van der Waals surface area contributed by atoms with Crippen molar-refractivity contribution < 1.29 is 0 Å². The second kappa shape index (κ2) is 22.4. The Kier molecular flexibility index (Phi) is 22.3. The summed E-state index contributed by atoms with van der Waals surface area (Å²) in [6, 6.07) is 14.8. The van der Waals surface area contributed by atoms with Crippen LogP contribution in [0.1, 0.15) is 80.7 Å². The molecule has 2 aromatic carbocycles. The maximum absolute atomic E-state index is 2.25. The highest BCUT2D eigenvalue weighted by Gasteiger charge is 2.02. The maximum atomic E-state index is 2.25. The number of allylic oxidation sites excluding steroid dienone is 8. The van der Waals surface area contributed by atoms with Crippen molar-refractivity contribution in [2.24, 2.45) is 0 Å². The molecule has 0 spiro atoms. The highest BCUT2D eigenvalue weighted by atomic mass is 15.1. The molecule has 0 unspecified atom stereocenters. The monoisotopic (exact) mass is 463 g/mol. The quantitative estimate of drug-likeness (QED) is 0.437. The highest BCUT2D eigenvalue weighted by molar-refractivity contribution is 5.85. The summed E-state index contributed by atoms with van der Waals surface area (Å²) in [4.78, 5) is 2.25. The Hall–Kier alpha value is -2.38. The minimum Gasteiger partial charge on any atom is -0.307 e. The predicted octanol–water partition coefficient (Wildman–Crippen LogP) is 10.3. The molecule has 0 fully saturated rings. The molecule has 1 heteroatoms. The van der Waals surface area contributed by atoms with Gasteiger partial charge in [0.05, 0.1) is 0 Å². The molecule has 0 amide bonds. The van der Waals surface area contributed by atoms with E-state index in [4.69, 9.17) is 0 Å². The smallest absolute Gasteiger partial charge is 0.00504 e. The van der Waals surface area contributed by atoms with Gasteiger partial charge in [-0.15, -0.1) is 0 Å². The predicted molar refractivity (Wildman–Crippen MR) is 160 cm³/mol. The SMILES string of the molecule is C/C=C1/C=CCC=C/C1=C(\C)CC.CC.CC.CCN(C)CC.Cc1cccc2ccccc12. The van der Waals surface area contributed by atoms with Crippen molar-refractivity contribution in [2.45, 2.75) is 82.1 Å². The second-order valence-electron chi connectivity index (χ2n) is 7.62. The van der Waals surface area contributed by atoms with Gasteiger partial charge in [0.15, 0.2) is 0 Å². The summed E-state index contributed by atoms with van der Waals surface area (Å²) in [5, 5.41) is 2.68. The van der Waals surface area contributed by atoms with Gasteiger partial charge in [-0.3, -0.25) is 0 Å². The fourth-order valence-corrected chi connectivity index (χ4v) is 3.09. The van der Waals surface area contributed by atoms with Crippen LogP contribution in [-0.2, 0) is 0 Å². The Bertz CT molecular complexity index is 871. The maximum Gasteiger partial charge on any atom is -0.00504 e. The first-order valence-electron chi connectivity index (χ1n) is 13.3.